The number of ether oxygens (including phenoxy) is 1. The predicted octanol–water partition coefficient (Wildman–Crippen LogP) is 2.28. The van der Waals surface area contributed by atoms with Gasteiger partial charge in [0.15, 0.2) is 0 Å². The Balaban J connectivity index is 2.02. The molecule has 0 atom stereocenters. The maximum Gasteiger partial charge on any atom is 0.238 e. The molecule has 0 radical (unpaired) electrons. The molecule has 0 saturated heterocycles. The van der Waals surface area contributed by atoms with Gasteiger partial charge in [0.05, 0.1) is 16.0 Å². The van der Waals surface area contributed by atoms with Crippen molar-refractivity contribution >= 4 is 26.0 Å². The Morgan fingerprint density at radius 3 is 2.65 bits per heavy atom. The maximum absolute atomic E-state index is 11.1. The molecule has 0 aromatic heterocycles. The van der Waals surface area contributed by atoms with Crippen molar-refractivity contribution in [3.8, 4) is 5.75 Å². The van der Waals surface area contributed by atoms with Crippen LogP contribution < -0.4 is 9.88 Å². The SMILES string of the molecule is NS(=O)(=O)c1ccc(OCCC2CC2)c(Br)c1. The summed E-state index contributed by atoms with van der Waals surface area (Å²) < 4.78 is 28.4. The van der Waals surface area contributed by atoms with Crippen molar-refractivity contribution in [2.45, 2.75) is 24.2 Å². The quantitative estimate of drug-likeness (QED) is 0.905. The molecule has 17 heavy (non-hydrogen) atoms. The van der Waals surface area contributed by atoms with Gasteiger partial charge < -0.3 is 4.74 Å². The Morgan fingerprint density at radius 2 is 2.12 bits per heavy atom. The molecule has 0 heterocycles. The zero-order valence-electron chi connectivity index (χ0n) is 9.23. The molecule has 0 bridgehead atoms. The van der Waals surface area contributed by atoms with E-state index in [1.54, 1.807) is 6.07 Å². The van der Waals surface area contributed by atoms with Crippen LogP contribution in [-0.2, 0) is 10.0 Å². The number of hydrogen-bond acceptors (Lipinski definition) is 3. The fourth-order valence-corrected chi connectivity index (χ4v) is 2.70. The topological polar surface area (TPSA) is 69.4 Å². The second-order valence-electron chi connectivity index (χ2n) is 4.22. The van der Waals surface area contributed by atoms with E-state index in [0.717, 1.165) is 12.3 Å². The molecule has 0 aliphatic heterocycles. The number of rotatable bonds is 5. The van der Waals surface area contributed by atoms with E-state index < -0.39 is 10.0 Å². The summed E-state index contributed by atoms with van der Waals surface area (Å²) in [5.41, 5.74) is 0. The molecular formula is C11H14BrNO3S. The first-order valence-corrected chi connectivity index (χ1v) is 7.76. The molecule has 1 aromatic rings. The van der Waals surface area contributed by atoms with Gasteiger partial charge in [-0.25, -0.2) is 13.6 Å². The highest BCUT2D eigenvalue weighted by molar-refractivity contribution is 9.10. The van der Waals surface area contributed by atoms with Crippen molar-refractivity contribution < 1.29 is 13.2 Å². The Labute approximate surface area is 109 Å². The van der Waals surface area contributed by atoms with Gasteiger partial charge >= 0.3 is 0 Å². The van der Waals surface area contributed by atoms with Gasteiger partial charge in [-0.05, 0) is 46.5 Å². The zero-order valence-corrected chi connectivity index (χ0v) is 11.6. The first kappa shape index (κ1) is 12.9. The smallest absolute Gasteiger partial charge is 0.238 e. The summed E-state index contributed by atoms with van der Waals surface area (Å²) >= 11 is 3.28. The summed E-state index contributed by atoms with van der Waals surface area (Å²) in [6, 6.07) is 4.53. The molecule has 1 aliphatic rings. The number of halogens is 1. The second-order valence-corrected chi connectivity index (χ2v) is 6.63. The number of sulfonamides is 1. The van der Waals surface area contributed by atoms with Crippen molar-refractivity contribution in [1.82, 2.24) is 0 Å². The Bertz CT molecular complexity index is 511. The molecule has 0 spiro atoms. The fraction of sp³-hybridized carbons (Fsp3) is 0.455. The van der Waals surface area contributed by atoms with E-state index in [1.165, 1.54) is 25.0 Å². The van der Waals surface area contributed by atoms with Gasteiger partial charge in [-0.15, -0.1) is 0 Å². The molecule has 1 aromatic carbocycles. The van der Waals surface area contributed by atoms with Crippen LogP contribution in [0.15, 0.2) is 27.6 Å². The standard InChI is InChI=1S/C11H14BrNO3S/c12-10-7-9(17(13,14)15)3-4-11(10)16-6-5-8-1-2-8/h3-4,7-8H,1-2,5-6H2,(H2,13,14,15). The lowest BCUT2D eigenvalue weighted by molar-refractivity contribution is 0.300. The molecule has 6 heteroatoms. The highest BCUT2D eigenvalue weighted by Crippen LogP contribution is 2.33. The lowest BCUT2D eigenvalue weighted by Gasteiger charge is -2.08. The number of benzene rings is 1. The van der Waals surface area contributed by atoms with E-state index in [1.807, 2.05) is 0 Å². The molecule has 2 rings (SSSR count). The minimum atomic E-state index is -3.65. The molecule has 0 unspecified atom stereocenters. The van der Waals surface area contributed by atoms with E-state index in [2.05, 4.69) is 15.9 Å². The highest BCUT2D eigenvalue weighted by Gasteiger charge is 2.21. The molecular weight excluding hydrogens is 306 g/mol. The van der Waals surface area contributed by atoms with Crippen LogP contribution in [0.4, 0.5) is 0 Å². The van der Waals surface area contributed by atoms with Crippen molar-refractivity contribution in [3.05, 3.63) is 22.7 Å². The van der Waals surface area contributed by atoms with E-state index in [4.69, 9.17) is 9.88 Å². The molecule has 1 aliphatic carbocycles. The lowest BCUT2D eigenvalue weighted by Crippen LogP contribution is -2.12. The number of primary sulfonamides is 1. The first-order chi connectivity index (χ1) is 7.97. The predicted molar refractivity (Wildman–Crippen MR) is 68.4 cm³/mol. The minimum absolute atomic E-state index is 0.0823. The Morgan fingerprint density at radius 1 is 1.41 bits per heavy atom. The average Bonchev–Trinajstić information content (AvgIpc) is 3.02. The lowest BCUT2D eigenvalue weighted by atomic mass is 10.3. The molecule has 1 fully saturated rings. The van der Waals surface area contributed by atoms with Crippen LogP contribution in [-0.4, -0.2) is 15.0 Å². The molecule has 2 N–H and O–H groups in total. The normalized spacial score (nSPS) is 15.9. The first-order valence-electron chi connectivity index (χ1n) is 5.42. The monoisotopic (exact) mass is 319 g/mol. The van der Waals surface area contributed by atoms with Crippen molar-refractivity contribution in [2.24, 2.45) is 11.1 Å². The third-order valence-corrected chi connectivity index (χ3v) is 4.24. The summed E-state index contributed by atoms with van der Waals surface area (Å²) in [4.78, 5) is 0.0823. The van der Waals surface area contributed by atoms with E-state index in [9.17, 15) is 8.42 Å². The highest BCUT2D eigenvalue weighted by atomic mass is 79.9. The van der Waals surface area contributed by atoms with Gasteiger partial charge in [-0.3, -0.25) is 0 Å². The van der Waals surface area contributed by atoms with E-state index in [-0.39, 0.29) is 4.90 Å². The van der Waals surface area contributed by atoms with Crippen molar-refractivity contribution in [1.29, 1.82) is 0 Å². The van der Waals surface area contributed by atoms with Crippen LogP contribution in [0, 0.1) is 5.92 Å². The van der Waals surface area contributed by atoms with E-state index >= 15 is 0 Å². The van der Waals surface area contributed by atoms with Gasteiger partial charge in [0.1, 0.15) is 5.75 Å². The van der Waals surface area contributed by atoms with Gasteiger partial charge in [0.25, 0.3) is 0 Å². The van der Waals surface area contributed by atoms with Gasteiger partial charge in [-0.1, -0.05) is 12.8 Å². The third-order valence-electron chi connectivity index (χ3n) is 2.71. The van der Waals surface area contributed by atoms with Crippen LogP contribution in [0.2, 0.25) is 0 Å². The minimum Gasteiger partial charge on any atom is -0.492 e. The molecule has 94 valence electrons. The van der Waals surface area contributed by atoms with Crippen LogP contribution in [0.25, 0.3) is 0 Å². The molecule has 1 saturated carbocycles. The van der Waals surface area contributed by atoms with Crippen LogP contribution >= 0.6 is 15.9 Å². The maximum atomic E-state index is 11.1. The van der Waals surface area contributed by atoms with Crippen LogP contribution in [0.5, 0.6) is 5.75 Å². The number of nitrogens with two attached hydrogens (primary N) is 1. The molecule has 0 amide bonds. The van der Waals surface area contributed by atoms with Crippen molar-refractivity contribution in [3.63, 3.8) is 0 Å². The van der Waals surface area contributed by atoms with Gasteiger partial charge in [0, 0.05) is 0 Å². The Kier molecular flexibility index (Phi) is 3.75. The van der Waals surface area contributed by atoms with Crippen LogP contribution in [0.1, 0.15) is 19.3 Å². The zero-order chi connectivity index (χ0) is 12.5. The summed E-state index contributed by atoms with van der Waals surface area (Å²) in [6.07, 6.45) is 3.66. The van der Waals surface area contributed by atoms with E-state index in [0.29, 0.717) is 16.8 Å². The largest absolute Gasteiger partial charge is 0.492 e. The Hall–Kier alpha value is -0.590. The number of hydrogen-bond donors (Lipinski definition) is 1. The third kappa shape index (κ3) is 3.69. The molecule has 4 nitrogen and oxygen atoms in total. The summed E-state index contributed by atoms with van der Waals surface area (Å²) in [5.74, 6) is 1.47. The summed E-state index contributed by atoms with van der Waals surface area (Å²) in [7, 11) is -3.65. The van der Waals surface area contributed by atoms with Crippen molar-refractivity contribution in [2.75, 3.05) is 6.61 Å². The van der Waals surface area contributed by atoms with Crippen LogP contribution in [0.3, 0.4) is 0 Å². The second kappa shape index (κ2) is 4.96. The fourth-order valence-electron chi connectivity index (χ4n) is 1.52. The van der Waals surface area contributed by atoms with Gasteiger partial charge in [0.2, 0.25) is 10.0 Å². The summed E-state index contributed by atoms with van der Waals surface area (Å²) in [6.45, 7) is 0.665. The summed E-state index contributed by atoms with van der Waals surface area (Å²) in [5, 5.41) is 5.03. The average molecular weight is 320 g/mol. The van der Waals surface area contributed by atoms with Gasteiger partial charge in [-0.2, -0.15) is 0 Å².